The number of carbonyl (C=O) groups excluding carboxylic acids is 1. The molecule has 0 aliphatic carbocycles. The van der Waals surface area contributed by atoms with Crippen LogP contribution in [0.25, 0.3) is 17.1 Å². The molecule has 1 aromatic heterocycles. The van der Waals surface area contributed by atoms with Crippen LogP contribution in [0.2, 0.25) is 5.02 Å². The van der Waals surface area contributed by atoms with Gasteiger partial charge in [0.25, 0.3) is 5.91 Å². The third-order valence-corrected chi connectivity index (χ3v) is 5.84. The third kappa shape index (κ3) is 4.09. The maximum Gasteiger partial charge on any atom is 0.293 e. The number of anilines is 1. The predicted octanol–water partition coefficient (Wildman–Crippen LogP) is 4.55. The molecule has 0 radical (unpaired) electrons. The first-order valence-corrected chi connectivity index (χ1v) is 10.9. The van der Waals surface area contributed by atoms with Crippen LogP contribution in [-0.4, -0.2) is 51.8 Å². The second kappa shape index (κ2) is 8.85. The SMILES string of the molecule is O=C(c1nc(-c2ccccc2)n(-c2ccc(Cl)cc2)n1)N1CCN(c2ccccc2)CC1. The minimum absolute atomic E-state index is 0.150. The van der Waals surface area contributed by atoms with Crippen LogP contribution in [0.4, 0.5) is 5.69 Å². The zero-order valence-corrected chi connectivity index (χ0v) is 18.2. The van der Waals surface area contributed by atoms with Gasteiger partial charge in [-0.25, -0.2) is 9.67 Å². The van der Waals surface area contributed by atoms with Gasteiger partial charge >= 0.3 is 0 Å². The first kappa shape index (κ1) is 20.3. The molecule has 5 rings (SSSR count). The Morgan fingerprint density at radius 3 is 2.03 bits per heavy atom. The van der Waals surface area contributed by atoms with Gasteiger partial charge in [0.05, 0.1) is 5.69 Å². The topological polar surface area (TPSA) is 54.3 Å². The van der Waals surface area contributed by atoms with Crippen LogP contribution in [0.15, 0.2) is 84.9 Å². The smallest absolute Gasteiger partial charge is 0.293 e. The molecular formula is C25H22ClN5O. The van der Waals surface area contributed by atoms with E-state index >= 15 is 0 Å². The van der Waals surface area contributed by atoms with Crippen LogP contribution in [0.5, 0.6) is 0 Å². The minimum Gasteiger partial charge on any atom is -0.368 e. The van der Waals surface area contributed by atoms with E-state index in [1.807, 2.05) is 65.6 Å². The number of nitrogens with zero attached hydrogens (tertiary/aromatic N) is 5. The summed E-state index contributed by atoms with van der Waals surface area (Å²) in [4.78, 5) is 22.0. The van der Waals surface area contributed by atoms with Gasteiger partial charge in [-0.15, -0.1) is 5.10 Å². The van der Waals surface area contributed by atoms with Crippen LogP contribution in [0.1, 0.15) is 10.6 Å². The first-order chi connectivity index (χ1) is 15.7. The van der Waals surface area contributed by atoms with E-state index in [2.05, 4.69) is 27.1 Å². The van der Waals surface area contributed by atoms with E-state index < -0.39 is 0 Å². The summed E-state index contributed by atoms with van der Waals surface area (Å²) in [7, 11) is 0. The number of halogens is 1. The molecule has 160 valence electrons. The Bertz CT molecular complexity index is 1200. The van der Waals surface area contributed by atoms with Crippen molar-refractivity contribution in [1.82, 2.24) is 19.7 Å². The van der Waals surface area contributed by atoms with Crippen LogP contribution < -0.4 is 4.90 Å². The summed E-state index contributed by atoms with van der Waals surface area (Å²) >= 11 is 6.06. The highest BCUT2D eigenvalue weighted by molar-refractivity contribution is 6.30. The molecular weight excluding hydrogens is 422 g/mol. The van der Waals surface area contributed by atoms with Crippen LogP contribution in [0.3, 0.4) is 0 Å². The fraction of sp³-hybridized carbons (Fsp3) is 0.160. The molecule has 2 heterocycles. The van der Waals surface area contributed by atoms with E-state index in [1.54, 1.807) is 16.8 Å². The molecule has 1 fully saturated rings. The van der Waals surface area contributed by atoms with Gasteiger partial charge in [0, 0.05) is 42.5 Å². The summed E-state index contributed by atoms with van der Waals surface area (Å²) in [5.74, 6) is 0.675. The summed E-state index contributed by atoms with van der Waals surface area (Å²) in [5.41, 5.74) is 2.87. The summed E-state index contributed by atoms with van der Waals surface area (Å²) in [5, 5.41) is 5.24. The molecule has 7 heteroatoms. The third-order valence-electron chi connectivity index (χ3n) is 5.59. The van der Waals surface area contributed by atoms with Gasteiger partial charge < -0.3 is 9.80 Å². The zero-order valence-electron chi connectivity index (χ0n) is 17.4. The van der Waals surface area contributed by atoms with Gasteiger partial charge in [-0.1, -0.05) is 60.1 Å². The Balaban J connectivity index is 1.41. The van der Waals surface area contributed by atoms with E-state index in [1.165, 1.54) is 5.69 Å². The van der Waals surface area contributed by atoms with Gasteiger partial charge in [0.2, 0.25) is 5.82 Å². The molecule has 3 aromatic carbocycles. The van der Waals surface area contributed by atoms with Gasteiger partial charge in [-0.05, 0) is 36.4 Å². The van der Waals surface area contributed by atoms with Crippen molar-refractivity contribution in [3.8, 4) is 17.1 Å². The zero-order chi connectivity index (χ0) is 21.9. The molecule has 32 heavy (non-hydrogen) atoms. The average Bonchev–Trinajstić information content (AvgIpc) is 3.31. The molecule has 4 aromatic rings. The van der Waals surface area contributed by atoms with Crippen molar-refractivity contribution < 1.29 is 4.79 Å². The Hall–Kier alpha value is -3.64. The van der Waals surface area contributed by atoms with Crippen molar-refractivity contribution in [3.63, 3.8) is 0 Å². The van der Waals surface area contributed by atoms with Gasteiger partial charge in [-0.2, -0.15) is 0 Å². The molecule has 0 unspecified atom stereocenters. The van der Waals surface area contributed by atoms with Crippen molar-refractivity contribution in [2.45, 2.75) is 0 Å². The normalized spacial score (nSPS) is 13.9. The molecule has 1 aliphatic rings. The molecule has 0 saturated carbocycles. The number of amides is 1. The lowest BCUT2D eigenvalue weighted by atomic mass is 10.2. The van der Waals surface area contributed by atoms with Gasteiger partial charge in [-0.3, -0.25) is 4.79 Å². The Labute approximate surface area is 191 Å². The standard InChI is InChI=1S/C25H22ClN5O/c26-20-11-13-22(14-12-20)31-24(19-7-3-1-4-8-19)27-23(28-31)25(32)30-17-15-29(16-18-30)21-9-5-2-6-10-21/h1-14H,15-18H2. The quantitative estimate of drug-likeness (QED) is 0.464. The second-order valence-corrected chi connectivity index (χ2v) is 8.06. The summed E-state index contributed by atoms with van der Waals surface area (Å²) in [6.45, 7) is 2.81. The summed E-state index contributed by atoms with van der Waals surface area (Å²) < 4.78 is 1.71. The molecule has 1 amide bonds. The summed E-state index contributed by atoms with van der Waals surface area (Å²) in [6, 6.07) is 27.4. The van der Waals surface area contributed by atoms with E-state index in [0.717, 1.165) is 24.3 Å². The average molecular weight is 444 g/mol. The number of para-hydroxylation sites is 1. The molecule has 0 N–H and O–H groups in total. The van der Waals surface area contributed by atoms with Crippen LogP contribution in [0, 0.1) is 0 Å². The largest absolute Gasteiger partial charge is 0.368 e. The van der Waals surface area contributed by atoms with Crippen molar-refractivity contribution in [2.24, 2.45) is 0 Å². The number of hydrogen-bond donors (Lipinski definition) is 0. The van der Waals surface area contributed by atoms with Gasteiger partial charge in [0.15, 0.2) is 5.82 Å². The maximum atomic E-state index is 13.3. The van der Waals surface area contributed by atoms with Crippen LogP contribution >= 0.6 is 11.6 Å². The number of carbonyl (C=O) groups is 1. The van der Waals surface area contributed by atoms with Crippen LogP contribution in [-0.2, 0) is 0 Å². The van der Waals surface area contributed by atoms with Crippen molar-refractivity contribution >= 4 is 23.2 Å². The molecule has 0 atom stereocenters. The monoisotopic (exact) mass is 443 g/mol. The lowest BCUT2D eigenvalue weighted by molar-refractivity contribution is 0.0734. The molecule has 1 aliphatic heterocycles. The molecule has 0 bridgehead atoms. The van der Waals surface area contributed by atoms with Gasteiger partial charge in [0.1, 0.15) is 0 Å². The Kier molecular flexibility index (Phi) is 5.60. The Morgan fingerprint density at radius 1 is 0.750 bits per heavy atom. The lowest BCUT2D eigenvalue weighted by Gasteiger charge is -2.35. The lowest BCUT2D eigenvalue weighted by Crippen LogP contribution is -2.49. The van der Waals surface area contributed by atoms with Crippen molar-refractivity contribution in [3.05, 3.63) is 95.8 Å². The van der Waals surface area contributed by atoms with Crippen molar-refractivity contribution in [2.75, 3.05) is 31.1 Å². The minimum atomic E-state index is -0.150. The van der Waals surface area contributed by atoms with E-state index in [4.69, 9.17) is 11.6 Å². The first-order valence-electron chi connectivity index (χ1n) is 10.6. The second-order valence-electron chi connectivity index (χ2n) is 7.63. The van der Waals surface area contributed by atoms with E-state index in [9.17, 15) is 4.79 Å². The number of aromatic nitrogens is 3. The highest BCUT2D eigenvalue weighted by atomic mass is 35.5. The highest BCUT2D eigenvalue weighted by Crippen LogP contribution is 2.23. The number of hydrogen-bond acceptors (Lipinski definition) is 4. The van der Waals surface area contributed by atoms with Crippen molar-refractivity contribution in [1.29, 1.82) is 0 Å². The maximum absolute atomic E-state index is 13.3. The molecule has 6 nitrogen and oxygen atoms in total. The van der Waals surface area contributed by atoms with E-state index in [0.29, 0.717) is 23.9 Å². The fourth-order valence-corrected chi connectivity index (χ4v) is 4.01. The predicted molar refractivity (Wildman–Crippen MR) is 126 cm³/mol. The molecule has 1 saturated heterocycles. The summed E-state index contributed by atoms with van der Waals surface area (Å²) in [6.07, 6.45) is 0. The fourth-order valence-electron chi connectivity index (χ4n) is 3.89. The molecule has 0 spiro atoms. The Morgan fingerprint density at radius 2 is 1.38 bits per heavy atom. The van der Waals surface area contributed by atoms with E-state index in [-0.39, 0.29) is 11.7 Å². The number of benzene rings is 3. The number of rotatable bonds is 4. The number of piperazine rings is 1. The highest BCUT2D eigenvalue weighted by Gasteiger charge is 2.26.